The molecule has 0 fully saturated rings. The standard InChI is InChI=1S/C19H14N2O/c1-3-9-15(10-4-1)21(16-11-5-2-6-12-16)19-17-13-7-8-14-18(17)20-22-19/h1-14H. The number of hydrogen-bond donors (Lipinski definition) is 0. The minimum Gasteiger partial charge on any atom is -0.337 e. The van der Waals surface area contributed by atoms with Crippen LogP contribution < -0.4 is 4.90 Å². The number of benzene rings is 3. The fourth-order valence-electron chi connectivity index (χ4n) is 2.57. The van der Waals surface area contributed by atoms with Crippen LogP contribution in [0.3, 0.4) is 0 Å². The van der Waals surface area contributed by atoms with Gasteiger partial charge >= 0.3 is 0 Å². The Balaban J connectivity index is 1.95. The molecule has 1 aromatic heterocycles. The summed E-state index contributed by atoms with van der Waals surface area (Å²) in [5.41, 5.74) is 2.93. The number of para-hydroxylation sites is 2. The lowest BCUT2D eigenvalue weighted by Crippen LogP contribution is -2.09. The van der Waals surface area contributed by atoms with Crippen LogP contribution >= 0.6 is 0 Å². The van der Waals surface area contributed by atoms with Crippen LogP contribution in [0.1, 0.15) is 0 Å². The third-order valence-corrected chi connectivity index (χ3v) is 3.60. The van der Waals surface area contributed by atoms with Crippen LogP contribution in [0, 0.1) is 0 Å². The molecule has 3 heteroatoms. The Labute approximate surface area is 128 Å². The highest BCUT2D eigenvalue weighted by Gasteiger charge is 2.19. The molecule has 22 heavy (non-hydrogen) atoms. The Kier molecular flexibility index (Phi) is 3.09. The topological polar surface area (TPSA) is 29.3 Å². The predicted octanol–water partition coefficient (Wildman–Crippen LogP) is 5.30. The highest BCUT2D eigenvalue weighted by atomic mass is 16.5. The van der Waals surface area contributed by atoms with E-state index >= 15 is 0 Å². The molecule has 3 nitrogen and oxygen atoms in total. The van der Waals surface area contributed by atoms with Gasteiger partial charge in [0, 0.05) is 11.4 Å². The quantitative estimate of drug-likeness (QED) is 0.512. The van der Waals surface area contributed by atoms with E-state index in [1.54, 1.807) is 0 Å². The predicted molar refractivity (Wildman–Crippen MR) is 88.7 cm³/mol. The zero-order valence-corrected chi connectivity index (χ0v) is 11.9. The van der Waals surface area contributed by atoms with Gasteiger partial charge in [0.15, 0.2) is 0 Å². The van der Waals surface area contributed by atoms with E-state index in [1.165, 1.54) is 0 Å². The lowest BCUT2D eigenvalue weighted by Gasteiger charge is -2.21. The molecule has 0 aliphatic carbocycles. The number of hydrogen-bond acceptors (Lipinski definition) is 3. The van der Waals surface area contributed by atoms with Gasteiger partial charge in [-0.2, -0.15) is 0 Å². The third kappa shape index (κ3) is 2.13. The molecule has 4 aromatic rings. The van der Waals surface area contributed by atoms with Crippen LogP contribution in [0.15, 0.2) is 89.5 Å². The van der Waals surface area contributed by atoms with E-state index < -0.39 is 0 Å². The molecule has 106 valence electrons. The van der Waals surface area contributed by atoms with Crippen molar-refractivity contribution in [2.75, 3.05) is 4.90 Å². The molecule has 1 heterocycles. The fourth-order valence-corrected chi connectivity index (χ4v) is 2.57. The molecule has 0 bridgehead atoms. The Hall–Kier alpha value is -3.07. The molecule has 0 spiro atoms. The van der Waals surface area contributed by atoms with Crippen LogP contribution in [-0.4, -0.2) is 5.16 Å². The first-order valence-corrected chi connectivity index (χ1v) is 7.18. The first-order valence-electron chi connectivity index (χ1n) is 7.18. The Morgan fingerprint density at radius 2 is 1.18 bits per heavy atom. The van der Waals surface area contributed by atoms with Gasteiger partial charge < -0.3 is 4.52 Å². The molecule has 0 aliphatic heterocycles. The maximum absolute atomic E-state index is 5.66. The van der Waals surface area contributed by atoms with E-state index in [0.717, 1.165) is 28.2 Å². The zero-order valence-electron chi connectivity index (χ0n) is 11.9. The molecule has 3 aromatic carbocycles. The van der Waals surface area contributed by atoms with Gasteiger partial charge in [0.05, 0.1) is 5.39 Å². The van der Waals surface area contributed by atoms with Gasteiger partial charge in [0.2, 0.25) is 5.88 Å². The van der Waals surface area contributed by atoms with Gasteiger partial charge in [-0.3, -0.25) is 4.90 Å². The average Bonchev–Trinajstić information content (AvgIpc) is 3.01. The van der Waals surface area contributed by atoms with Crippen molar-refractivity contribution >= 4 is 28.2 Å². The van der Waals surface area contributed by atoms with Crippen molar-refractivity contribution in [1.82, 2.24) is 5.16 Å². The third-order valence-electron chi connectivity index (χ3n) is 3.60. The second-order valence-corrected chi connectivity index (χ2v) is 5.01. The molecule has 0 radical (unpaired) electrons. The molecule has 0 unspecified atom stereocenters. The van der Waals surface area contributed by atoms with E-state index in [4.69, 9.17) is 4.52 Å². The molecule has 0 saturated carbocycles. The van der Waals surface area contributed by atoms with Crippen molar-refractivity contribution in [2.24, 2.45) is 0 Å². The summed E-state index contributed by atoms with van der Waals surface area (Å²) in [6.45, 7) is 0. The van der Waals surface area contributed by atoms with Crippen molar-refractivity contribution in [3.05, 3.63) is 84.9 Å². The van der Waals surface area contributed by atoms with Crippen LogP contribution in [0.4, 0.5) is 17.3 Å². The molecular formula is C19H14N2O. The van der Waals surface area contributed by atoms with Gasteiger partial charge in [-0.1, -0.05) is 53.7 Å². The van der Waals surface area contributed by atoms with Crippen LogP contribution in [0.25, 0.3) is 10.9 Å². The largest absolute Gasteiger partial charge is 0.337 e. The lowest BCUT2D eigenvalue weighted by molar-refractivity contribution is 0.437. The van der Waals surface area contributed by atoms with Crippen molar-refractivity contribution in [3.8, 4) is 0 Å². The summed E-state index contributed by atoms with van der Waals surface area (Å²) in [4.78, 5) is 2.08. The van der Waals surface area contributed by atoms with E-state index in [1.807, 2.05) is 60.7 Å². The average molecular weight is 286 g/mol. The van der Waals surface area contributed by atoms with Crippen LogP contribution in [0.2, 0.25) is 0 Å². The summed E-state index contributed by atoms with van der Waals surface area (Å²) in [6.07, 6.45) is 0. The zero-order chi connectivity index (χ0) is 14.8. The van der Waals surface area contributed by atoms with Crippen molar-refractivity contribution in [3.63, 3.8) is 0 Å². The molecule has 0 saturated heterocycles. The minimum absolute atomic E-state index is 0.730. The van der Waals surface area contributed by atoms with E-state index in [2.05, 4.69) is 34.3 Å². The first-order chi connectivity index (χ1) is 10.9. The van der Waals surface area contributed by atoms with Crippen molar-refractivity contribution < 1.29 is 4.52 Å². The SMILES string of the molecule is c1ccc(N(c2ccccc2)c2onc3ccccc23)cc1. The Morgan fingerprint density at radius 3 is 1.82 bits per heavy atom. The van der Waals surface area contributed by atoms with Gasteiger partial charge in [-0.05, 0) is 36.4 Å². The fraction of sp³-hybridized carbons (Fsp3) is 0. The van der Waals surface area contributed by atoms with Crippen molar-refractivity contribution in [2.45, 2.75) is 0 Å². The molecule has 0 atom stereocenters. The van der Waals surface area contributed by atoms with E-state index in [0.29, 0.717) is 0 Å². The summed E-state index contributed by atoms with van der Waals surface area (Å²) in [5, 5.41) is 5.17. The van der Waals surface area contributed by atoms with Crippen LogP contribution in [0.5, 0.6) is 0 Å². The lowest BCUT2D eigenvalue weighted by atomic mass is 10.2. The summed E-state index contributed by atoms with van der Waals surface area (Å²) < 4.78 is 5.66. The molecule has 4 rings (SSSR count). The van der Waals surface area contributed by atoms with Gasteiger partial charge in [-0.15, -0.1) is 0 Å². The van der Waals surface area contributed by atoms with Gasteiger partial charge in [0.1, 0.15) is 5.52 Å². The number of fused-ring (bicyclic) bond motifs is 1. The number of rotatable bonds is 3. The molecule has 0 aliphatic rings. The van der Waals surface area contributed by atoms with Crippen molar-refractivity contribution in [1.29, 1.82) is 0 Å². The van der Waals surface area contributed by atoms with Gasteiger partial charge in [0.25, 0.3) is 0 Å². The van der Waals surface area contributed by atoms with Gasteiger partial charge in [-0.25, -0.2) is 0 Å². The first kappa shape index (κ1) is 12.7. The smallest absolute Gasteiger partial charge is 0.244 e. The number of aromatic nitrogens is 1. The molecule has 0 amide bonds. The minimum atomic E-state index is 0.730. The maximum atomic E-state index is 5.66. The second kappa shape index (κ2) is 5.37. The summed E-state index contributed by atoms with van der Waals surface area (Å²) in [5.74, 6) is 0.730. The monoisotopic (exact) mass is 286 g/mol. The summed E-state index contributed by atoms with van der Waals surface area (Å²) in [7, 11) is 0. The molecule has 0 N–H and O–H groups in total. The summed E-state index contributed by atoms with van der Waals surface area (Å²) >= 11 is 0. The number of anilines is 3. The second-order valence-electron chi connectivity index (χ2n) is 5.01. The Morgan fingerprint density at radius 1 is 0.636 bits per heavy atom. The maximum Gasteiger partial charge on any atom is 0.244 e. The number of nitrogens with zero attached hydrogens (tertiary/aromatic N) is 2. The highest BCUT2D eigenvalue weighted by molar-refractivity contribution is 5.93. The highest BCUT2D eigenvalue weighted by Crippen LogP contribution is 2.38. The summed E-state index contributed by atoms with van der Waals surface area (Å²) in [6, 6.07) is 28.3. The Bertz CT molecular complexity index is 845. The van der Waals surface area contributed by atoms with Crippen LogP contribution in [-0.2, 0) is 0 Å². The van der Waals surface area contributed by atoms with E-state index in [-0.39, 0.29) is 0 Å². The van der Waals surface area contributed by atoms with E-state index in [9.17, 15) is 0 Å². The normalized spacial score (nSPS) is 10.7. The molecular weight excluding hydrogens is 272 g/mol.